The summed E-state index contributed by atoms with van der Waals surface area (Å²) in [6, 6.07) is 11.9. The summed E-state index contributed by atoms with van der Waals surface area (Å²) in [5.41, 5.74) is 2.04. The molecule has 2 aromatic rings. The highest BCUT2D eigenvalue weighted by Gasteiger charge is 2.46. The molecule has 2 amide bonds. The first-order chi connectivity index (χ1) is 21.7. The Labute approximate surface area is 258 Å². The van der Waals surface area contributed by atoms with Gasteiger partial charge in [-0.05, 0) is 73.9 Å². The lowest BCUT2D eigenvalue weighted by Gasteiger charge is -2.42. The van der Waals surface area contributed by atoms with E-state index < -0.39 is 11.8 Å². The molecule has 0 bridgehead atoms. The van der Waals surface area contributed by atoms with E-state index in [9.17, 15) is 9.59 Å². The molecule has 230 valence electrons. The Morgan fingerprint density at radius 2 is 1.27 bits per heavy atom. The van der Waals surface area contributed by atoms with Crippen LogP contribution in [0, 0.1) is 17.8 Å². The largest absolute Gasteiger partial charge is 0.454 e. The van der Waals surface area contributed by atoms with Crippen molar-refractivity contribution < 1.29 is 28.5 Å². The highest BCUT2D eigenvalue weighted by Crippen LogP contribution is 2.45. The maximum Gasteiger partial charge on any atom is 0.231 e. The summed E-state index contributed by atoms with van der Waals surface area (Å²) in [6.07, 6.45) is 18.6. The van der Waals surface area contributed by atoms with Gasteiger partial charge < -0.3 is 28.7 Å². The van der Waals surface area contributed by atoms with Crippen LogP contribution in [-0.2, 0) is 9.59 Å². The number of nitrogens with zero attached hydrogens (tertiary/aromatic N) is 2. The zero-order valence-corrected chi connectivity index (χ0v) is 25.1. The van der Waals surface area contributed by atoms with E-state index in [1.54, 1.807) is 0 Å². The maximum absolute atomic E-state index is 14.5. The van der Waals surface area contributed by atoms with Crippen molar-refractivity contribution in [1.82, 2.24) is 9.80 Å². The van der Waals surface area contributed by atoms with Gasteiger partial charge in [0.15, 0.2) is 23.0 Å². The zero-order chi connectivity index (χ0) is 29.9. The Kier molecular flexibility index (Phi) is 8.31. The monoisotopic (exact) mass is 596 g/mol. The van der Waals surface area contributed by atoms with Crippen molar-refractivity contribution in [3.63, 3.8) is 0 Å². The molecule has 4 atom stereocenters. The number of hydrogen-bond acceptors (Lipinski definition) is 6. The number of piperidine rings is 2. The van der Waals surface area contributed by atoms with Gasteiger partial charge in [0.1, 0.15) is 0 Å². The number of benzene rings is 2. The Bertz CT molecular complexity index is 1470. The highest BCUT2D eigenvalue weighted by atomic mass is 16.7. The van der Waals surface area contributed by atoms with Crippen LogP contribution in [0.4, 0.5) is 0 Å². The molecule has 2 saturated heterocycles. The van der Waals surface area contributed by atoms with Crippen molar-refractivity contribution in [2.24, 2.45) is 17.8 Å². The number of allylic oxidation sites excluding steroid dienone is 4. The molecule has 1 aliphatic carbocycles. The molecule has 4 unspecified atom stereocenters. The van der Waals surface area contributed by atoms with Gasteiger partial charge in [-0.25, -0.2) is 0 Å². The molecule has 0 aromatic heterocycles. The minimum atomic E-state index is -0.502. The average molecular weight is 597 g/mol. The van der Waals surface area contributed by atoms with Gasteiger partial charge in [-0.15, -0.1) is 0 Å². The number of carbonyl (C=O) groups excluding carboxylic acids is 2. The fraction of sp³-hybridized carbons (Fsp3) is 0.444. The summed E-state index contributed by atoms with van der Waals surface area (Å²) in [4.78, 5) is 32.6. The van der Waals surface area contributed by atoms with E-state index in [-0.39, 0.29) is 37.2 Å². The Balaban J connectivity index is 1.24. The molecule has 8 nitrogen and oxygen atoms in total. The molecule has 4 heterocycles. The number of carbonyl (C=O) groups is 2. The molecule has 5 aliphatic rings. The van der Waals surface area contributed by atoms with Crippen molar-refractivity contribution in [2.75, 3.05) is 39.8 Å². The predicted molar refractivity (Wildman–Crippen MR) is 167 cm³/mol. The molecule has 4 aliphatic heterocycles. The molecule has 0 radical (unpaired) electrons. The molecule has 2 fully saturated rings. The van der Waals surface area contributed by atoms with Crippen LogP contribution in [-0.4, -0.2) is 61.4 Å². The van der Waals surface area contributed by atoms with Crippen LogP contribution >= 0.6 is 0 Å². The van der Waals surface area contributed by atoms with E-state index in [0.29, 0.717) is 5.75 Å². The fourth-order valence-electron chi connectivity index (χ4n) is 7.22. The molecular weight excluding hydrogens is 556 g/mol. The summed E-state index contributed by atoms with van der Waals surface area (Å²) in [6.45, 7) is 3.46. The zero-order valence-electron chi connectivity index (χ0n) is 25.1. The van der Waals surface area contributed by atoms with Crippen molar-refractivity contribution in [1.29, 1.82) is 0 Å². The SMILES string of the molecule is O=C(C1C=CC(c2ccc3c(c2)OCO3)C(C=CC=Cc2ccc3c(c2)OCO3)C1C(=O)N1CCCCC1)N1CCCCC1. The predicted octanol–water partition coefficient (Wildman–Crippen LogP) is 5.94. The first-order valence-electron chi connectivity index (χ1n) is 16.1. The Hall–Kier alpha value is -4.20. The molecule has 2 aromatic carbocycles. The third kappa shape index (κ3) is 5.82. The van der Waals surface area contributed by atoms with Gasteiger partial charge in [-0.1, -0.05) is 48.6 Å². The summed E-state index contributed by atoms with van der Waals surface area (Å²) >= 11 is 0. The molecule has 44 heavy (non-hydrogen) atoms. The van der Waals surface area contributed by atoms with Crippen molar-refractivity contribution in [3.8, 4) is 23.0 Å². The average Bonchev–Trinajstić information content (AvgIpc) is 3.75. The maximum atomic E-state index is 14.5. The lowest BCUT2D eigenvalue weighted by atomic mass is 9.67. The second kappa shape index (κ2) is 12.8. The first-order valence-corrected chi connectivity index (χ1v) is 16.1. The van der Waals surface area contributed by atoms with Gasteiger partial charge in [0.05, 0.1) is 11.8 Å². The van der Waals surface area contributed by atoms with Gasteiger partial charge in [-0.3, -0.25) is 9.59 Å². The molecule has 0 N–H and O–H groups in total. The van der Waals surface area contributed by atoms with Gasteiger partial charge in [0, 0.05) is 38.0 Å². The van der Waals surface area contributed by atoms with Crippen LogP contribution in [0.15, 0.2) is 66.8 Å². The van der Waals surface area contributed by atoms with E-state index in [4.69, 9.17) is 18.9 Å². The standard InChI is InChI=1S/C36H40N2O6/c39-35(37-17-5-1-6-18-37)29-14-13-27(26-12-16-31-33(22-26)44-24-42-31)28(34(29)36(40)38-19-7-2-8-20-38)10-4-3-9-25-11-15-30-32(21-25)43-23-41-30/h3-4,9-16,21-22,27-29,34H,1-2,5-8,17-20,23-24H2. The number of likely N-dealkylation sites (tertiary alicyclic amines) is 2. The molecule has 0 saturated carbocycles. The van der Waals surface area contributed by atoms with E-state index in [0.717, 1.165) is 93.1 Å². The Morgan fingerprint density at radius 3 is 1.98 bits per heavy atom. The molecule has 8 heteroatoms. The normalized spacial score (nSPS) is 26.1. The Morgan fingerprint density at radius 1 is 0.659 bits per heavy atom. The number of ether oxygens (including phenoxy) is 4. The number of amides is 2. The van der Waals surface area contributed by atoms with Gasteiger partial charge in [0.25, 0.3) is 0 Å². The first kappa shape index (κ1) is 28.6. The van der Waals surface area contributed by atoms with Crippen molar-refractivity contribution in [2.45, 2.75) is 44.4 Å². The van der Waals surface area contributed by atoms with Crippen molar-refractivity contribution >= 4 is 17.9 Å². The van der Waals surface area contributed by atoms with Crippen LogP contribution in [0.2, 0.25) is 0 Å². The molecule has 0 spiro atoms. The van der Waals surface area contributed by atoms with Gasteiger partial charge in [0.2, 0.25) is 25.4 Å². The third-order valence-corrected chi connectivity index (χ3v) is 9.56. The number of rotatable bonds is 6. The number of hydrogen-bond donors (Lipinski definition) is 0. The van der Waals surface area contributed by atoms with Gasteiger partial charge in [-0.2, -0.15) is 0 Å². The molecule has 7 rings (SSSR count). The van der Waals surface area contributed by atoms with Crippen molar-refractivity contribution in [3.05, 3.63) is 77.9 Å². The summed E-state index contributed by atoms with van der Waals surface area (Å²) < 4.78 is 22.3. The van der Waals surface area contributed by atoms with E-state index in [1.165, 1.54) is 0 Å². The highest BCUT2D eigenvalue weighted by molar-refractivity contribution is 5.90. The van der Waals surface area contributed by atoms with Crippen LogP contribution in [0.5, 0.6) is 23.0 Å². The van der Waals surface area contributed by atoms with Gasteiger partial charge >= 0.3 is 0 Å². The second-order valence-electron chi connectivity index (χ2n) is 12.3. The fourth-order valence-corrected chi connectivity index (χ4v) is 7.22. The summed E-state index contributed by atoms with van der Waals surface area (Å²) in [5.74, 6) is 1.76. The summed E-state index contributed by atoms with van der Waals surface area (Å²) in [7, 11) is 0. The second-order valence-corrected chi connectivity index (χ2v) is 12.3. The minimum absolute atomic E-state index is 0.0785. The smallest absolute Gasteiger partial charge is 0.231 e. The van der Waals surface area contributed by atoms with Crippen LogP contribution in [0.25, 0.3) is 6.08 Å². The third-order valence-electron chi connectivity index (χ3n) is 9.56. The molecular formula is C36H40N2O6. The minimum Gasteiger partial charge on any atom is -0.454 e. The van der Waals surface area contributed by atoms with E-state index in [1.807, 2.05) is 64.4 Å². The van der Waals surface area contributed by atoms with Crippen LogP contribution in [0.3, 0.4) is 0 Å². The number of fused-ring (bicyclic) bond motifs is 2. The van der Waals surface area contributed by atoms with E-state index in [2.05, 4.69) is 18.2 Å². The van der Waals surface area contributed by atoms with Crippen LogP contribution in [0.1, 0.15) is 55.6 Å². The lowest BCUT2D eigenvalue weighted by Crippen LogP contribution is -2.51. The van der Waals surface area contributed by atoms with Crippen LogP contribution < -0.4 is 18.9 Å². The lowest BCUT2D eigenvalue weighted by molar-refractivity contribution is -0.147. The topological polar surface area (TPSA) is 77.5 Å². The summed E-state index contributed by atoms with van der Waals surface area (Å²) in [5, 5.41) is 0. The quantitative estimate of drug-likeness (QED) is 0.304. The van der Waals surface area contributed by atoms with E-state index >= 15 is 0 Å².